The number of hydrogen-bond acceptors (Lipinski definition) is 4. The van der Waals surface area contributed by atoms with E-state index in [0.29, 0.717) is 24.3 Å². The molecule has 1 fully saturated rings. The highest BCUT2D eigenvalue weighted by Gasteiger charge is 2.38. The number of sulfonamides is 1. The molecule has 0 saturated carbocycles. The summed E-state index contributed by atoms with van der Waals surface area (Å²) in [4.78, 5) is 11.3. The molecule has 1 aromatic carbocycles. The summed E-state index contributed by atoms with van der Waals surface area (Å²) in [6.07, 6.45) is 0.161. The zero-order chi connectivity index (χ0) is 14.5. The monoisotopic (exact) mass is 316 g/mol. The highest BCUT2D eigenvalue weighted by molar-refractivity contribution is 7.89. The Balaban J connectivity index is 1.95. The van der Waals surface area contributed by atoms with Crippen molar-refractivity contribution in [2.75, 3.05) is 25.0 Å². The van der Waals surface area contributed by atoms with E-state index in [9.17, 15) is 13.2 Å². The lowest BCUT2D eigenvalue weighted by atomic mass is 10.1. The molecular weight excluding hydrogens is 304 g/mol. The molecule has 0 aromatic heterocycles. The minimum atomic E-state index is -3.66. The van der Waals surface area contributed by atoms with Crippen molar-refractivity contribution in [3.8, 4) is 0 Å². The van der Waals surface area contributed by atoms with E-state index in [1.807, 2.05) is 0 Å². The van der Waals surface area contributed by atoms with E-state index in [0.717, 1.165) is 0 Å². The van der Waals surface area contributed by atoms with Gasteiger partial charge in [0.2, 0.25) is 15.9 Å². The van der Waals surface area contributed by atoms with E-state index in [2.05, 4.69) is 5.32 Å². The summed E-state index contributed by atoms with van der Waals surface area (Å²) in [6, 6.07) is 2.93. The van der Waals surface area contributed by atoms with Crippen LogP contribution in [0.25, 0.3) is 0 Å². The lowest BCUT2D eigenvalue weighted by Crippen LogP contribution is -2.51. The van der Waals surface area contributed by atoms with Crippen molar-refractivity contribution in [1.29, 1.82) is 0 Å². The maximum Gasteiger partial charge on any atom is 0.244 e. The number of carbonyl (C=O) groups excluding carboxylic acids is 1. The van der Waals surface area contributed by atoms with Gasteiger partial charge in [0, 0.05) is 31.3 Å². The van der Waals surface area contributed by atoms with Gasteiger partial charge in [-0.1, -0.05) is 11.6 Å². The second-order valence-corrected chi connectivity index (χ2v) is 7.35. The molecule has 20 heavy (non-hydrogen) atoms. The first-order valence-electron chi connectivity index (χ1n) is 6.15. The zero-order valence-corrected chi connectivity index (χ0v) is 12.0. The molecule has 0 atom stereocenters. The number of nitrogens with one attached hydrogen (secondary N) is 1. The molecule has 2 aliphatic rings. The molecule has 1 amide bonds. The fraction of sp³-hybridized carbons (Fsp3) is 0.417. The third kappa shape index (κ3) is 2.10. The minimum absolute atomic E-state index is 0.0128. The van der Waals surface area contributed by atoms with Crippen molar-refractivity contribution < 1.29 is 18.3 Å². The standard InChI is InChI=1S/C12H13ClN2O4S/c13-9-3-10-8(2-12(17)14-10)1-11(9)20(18,19)15-4-7(5-15)6-16/h1,3,7,16H,2,4-6H2,(H,14,17). The van der Waals surface area contributed by atoms with Crippen molar-refractivity contribution in [3.05, 3.63) is 22.7 Å². The SMILES string of the molecule is O=C1Cc2cc(S(=O)(=O)N3CC(CO)C3)c(Cl)cc2N1. The average molecular weight is 317 g/mol. The van der Waals surface area contributed by atoms with E-state index in [1.165, 1.54) is 16.4 Å². The summed E-state index contributed by atoms with van der Waals surface area (Å²) < 4.78 is 26.1. The summed E-state index contributed by atoms with van der Waals surface area (Å²) in [5.74, 6) is -0.184. The second kappa shape index (κ2) is 4.70. The van der Waals surface area contributed by atoms with Gasteiger partial charge in [0.25, 0.3) is 0 Å². The molecule has 8 heteroatoms. The maximum absolute atomic E-state index is 12.4. The van der Waals surface area contributed by atoms with Crippen molar-refractivity contribution in [2.24, 2.45) is 5.92 Å². The van der Waals surface area contributed by atoms with Crippen molar-refractivity contribution in [1.82, 2.24) is 4.31 Å². The summed E-state index contributed by atoms with van der Waals surface area (Å²) >= 11 is 6.03. The molecular formula is C12H13ClN2O4S. The number of fused-ring (bicyclic) bond motifs is 1. The third-order valence-electron chi connectivity index (χ3n) is 3.58. The summed E-state index contributed by atoms with van der Waals surface area (Å²) in [6.45, 7) is 0.565. The van der Waals surface area contributed by atoms with Crippen LogP contribution in [0.3, 0.4) is 0 Å². The highest BCUT2D eigenvalue weighted by atomic mass is 35.5. The fourth-order valence-electron chi connectivity index (χ4n) is 2.40. The lowest BCUT2D eigenvalue weighted by Gasteiger charge is -2.37. The van der Waals surface area contributed by atoms with E-state index < -0.39 is 10.0 Å². The molecule has 2 heterocycles. The Labute approximate surface area is 121 Å². The van der Waals surface area contributed by atoms with Gasteiger partial charge < -0.3 is 10.4 Å². The number of aliphatic hydroxyl groups excluding tert-OH is 1. The fourth-order valence-corrected chi connectivity index (χ4v) is 4.54. The quantitative estimate of drug-likeness (QED) is 0.847. The number of benzene rings is 1. The van der Waals surface area contributed by atoms with Crippen molar-refractivity contribution in [3.63, 3.8) is 0 Å². The van der Waals surface area contributed by atoms with Gasteiger partial charge in [0.1, 0.15) is 4.90 Å². The summed E-state index contributed by atoms with van der Waals surface area (Å²) in [5, 5.41) is 11.7. The van der Waals surface area contributed by atoms with Crippen LogP contribution in [0, 0.1) is 5.92 Å². The second-order valence-electron chi connectivity index (χ2n) is 5.04. The minimum Gasteiger partial charge on any atom is -0.396 e. The van der Waals surface area contributed by atoms with Crippen LogP contribution in [0.15, 0.2) is 17.0 Å². The smallest absolute Gasteiger partial charge is 0.244 e. The Morgan fingerprint density at radius 1 is 1.40 bits per heavy atom. The molecule has 2 N–H and O–H groups in total. The van der Waals surface area contributed by atoms with Crippen molar-refractivity contribution >= 4 is 33.2 Å². The lowest BCUT2D eigenvalue weighted by molar-refractivity contribution is -0.115. The van der Waals surface area contributed by atoms with Crippen LogP contribution in [-0.4, -0.2) is 43.4 Å². The Hall–Kier alpha value is -1.15. The molecule has 0 spiro atoms. The van der Waals surface area contributed by atoms with Gasteiger partial charge >= 0.3 is 0 Å². The van der Waals surface area contributed by atoms with E-state index in [1.54, 1.807) is 0 Å². The van der Waals surface area contributed by atoms with E-state index in [4.69, 9.17) is 16.7 Å². The highest BCUT2D eigenvalue weighted by Crippen LogP contribution is 2.35. The molecule has 6 nitrogen and oxygen atoms in total. The van der Waals surface area contributed by atoms with Gasteiger partial charge in [-0.15, -0.1) is 0 Å². The van der Waals surface area contributed by atoms with Gasteiger partial charge in [0.15, 0.2) is 0 Å². The molecule has 2 aliphatic heterocycles. The molecule has 0 unspecified atom stereocenters. The third-order valence-corrected chi connectivity index (χ3v) is 5.88. The largest absolute Gasteiger partial charge is 0.396 e. The average Bonchev–Trinajstić information content (AvgIpc) is 2.65. The molecule has 3 rings (SSSR count). The normalized spacial score (nSPS) is 19.6. The first kappa shape index (κ1) is 13.8. The summed E-state index contributed by atoms with van der Waals surface area (Å²) in [7, 11) is -3.66. The van der Waals surface area contributed by atoms with E-state index in [-0.39, 0.29) is 34.8 Å². The Morgan fingerprint density at radius 3 is 2.75 bits per heavy atom. The predicted octanol–water partition coefficient (Wildman–Crippen LogP) is 0.447. The van der Waals surface area contributed by atoms with Gasteiger partial charge in [-0.3, -0.25) is 4.79 Å². The number of hydrogen-bond donors (Lipinski definition) is 2. The number of anilines is 1. The van der Waals surface area contributed by atoms with Gasteiger partial charge in [0.05, 0.1) is 11.4 Å². The topological polar surface area (TPSA) is 86.7 Å². The van der Waals surface area contributed by atoms with Crippen LogP contribution in [0.5, 0.6) is 0 Å². The predicted molar refractivity (Wildman–Crippen MR) is 73.1 cm³/mol. The number of halogens is 1. The molecule has 0 radical (unpaired) electrons. The van der Waals surface area contributed by atoms with Gasteiger partial charge in [-0.25, -0.2) is 8.42 Å². The molecule has 1 aromatic rings. The van der Waals surface area contributed by atoms with Crippen LogP contribution >= 0.6 is 11.6 Å². The van der Waals surface area contributed by atoms with Crippen LogP contribution in [0.1, 0.15) is 5.56 Å². The molecule has 1 saturated heterocycles. The Bertz CT molecular complexity index is 683. The Morgan fingerprint density at radius 2 is 2.10 bits per heavy atom. The molecule has 0 aliphatic carbocycles. The number of amides is 1. The van der Waals surface area contributed by atoms with Crippen LogP contribution in [0.4, 0.5) is 5.69 Å². The van der Waals surface area contributed by atoms with Gasteiger partial charge in [-0.05, 0) is 17.7 Å². The number of carbonyl (C=O) groups is 1. The number of nitrogens with zero attached hydrogens (tertiary/aromatic N) is 1. The number of aliphatic hydroxyl groups is 1. The molecule has 108 valence electrons. The zero-order valence-electron chi connectivity index (χ0n) is 10.5. The van der Waals surface area contributed by atoms with Crippen LogP contribution in [-0.2, 0) is 21.2 Å². The van der Waals surface area contributed by atoms with Gasteiger partial charge in [-0.2, -0.15) is 4.31 Å². The molecule has 0 bridgehead atoms. The first-order chi connectivity index (χ1) is 9.41. The van der Waals surface area contributed by atoms with Crippen molar-refractivity contribution in [2.45, 2.75) is 11.3 Å². The Kier molecular flexibility index (Phi) is 3.24. The first-order valence-corrected chi connectivity index (χ1v) is 7.97. The van der Waals surface area contributed by atoms with E-state index >= 15 is 0 Å². The summed E-state index contributed by atoms with van der Waals surface area (Å²) in [5.41, 5.74) is 1.20. The number of rotatable bonds is 3. The van der Waals surface area contributed by atoms with Crippen LogP contribution < -0.4 is 5.32 Å². The van der Waals surface area contributed by atoms with Crippen LogP contribution in [0.2, 0.25) is 5.02 Å². The maximum atomic E-state index is 12.4.